The van der Waals surface area contributed by atoms with Crippen molar-refractivity contribution in [2.45, 2.75) is 25.3 Å². The lowest BCUT2D eigenvalue weighted by atomic mass is 10.1. The van der Waals surface area contributed by atoms with Gasteiger partial charge in [-0.15, -0.1) is 0 Å². The zero-order valence-electron chi connectivity index (χ0n) is 13.2. The van der Waals surface area contributed by atoms with Crippen molar-refractivity contribution in [2.75, 3.05) is 6.54 Å². The first-order chi connectivity index (χ1) is 10.8. The minimum absolute atomic E-state index is 0.0963. The first-order valence-corrected chi connectivity index (χ1v) is 8.64. The van der Waals surface area contributed by atoms with Crippen molar-refractivity contribution in [3.05, 3.63) is 65.2 Å². The van der Waals surface area contributed by atoms with Crippen LogP contribution in [-0.4, -0.2) is 25.2 Å². The van der Waals surface area contributed by atoms with E-state index in [1.165, 1.54) is 0 Å². The SMILES string of the molecule is Cc1ccc(S(=O)(=O)N(CC(N)=O)Cc2ccccc2)cc1C. The average Bonchev–Trinajstić information content (AvgIpc) is 2.50. The third-order valence-corrected chi connectivity index (χ3v) is 5.44. The normalized spacial score (nSPS) is 11.6. The van der Waals surface area contributed by atoms with Crippen molar-refractivity contribution in [3.8, 4) is 0 Å². The predicted octanol–water partition coefficient (Wildman–Crippen LogP) is 1.98. The summed E-state index contributed by atoms with van der Waals surface area (Å²) in [7, 11) is -3.80. The number of primary amides is 1. The van der Waals surface area contributed by atoms with E-state index in [1.54, 1.807) is 18.2 Å². The summed E-state index contributed by atoms with van der Waals surface area (Å²) in [5.41, 5.74) is 7.91. The fraction of sp³-hybridized carbons (Fsp3) is 0.235. The topological polar surface area (TPSA) is 80.5 Å². The molecule has 2 N–H and O–H groups in total. The Morgan fingerprint density at radius 1 is 1.04 bits per heavy atom. The van der Waals surface area contributed by atoms with Gasteiger partial charge in [-0.25, -0.2) is 8.42 Å². The fourth-order valence-electron chi connectivity index (χ4n) is 2.21. The highest BCUT2D eigenvalue weighted by molar-refractivity contribution is 7.89. The van der Waals surface area contributed by atoms with E-state index in [2.05, 4.69) is 0 Å². The Labute approximate surface area is 136 Å². The average molecular weight is 332 g/mol. The highest BCUT2D eigenvalue weighted by Crippen LogP contribution is 2.20. The second-order valence-corrected chi connectivity index (χ2v) is 7.41. The van der Waals surface area contributed by atoms with Crippen molar-refractivity contribution in [1.29, 1.82) is 0 Å². The molecule has 0 saturated carbocycles. The monoisotopic (exact) mass is 332 g/mol. The van der Waals surface area contributed by atoms with Crippen LogP contribution in [0.3, 0.4) is 0 Å². The summed E-state index contributed by atoms with van der Waals surface area (Å²) in [6.45, 7) is 3.50. The van der Waals surface area contributed by atoms with Crippen LogP contribution in [0, 0.1) is 13.8 Å². The van der Waals surface area contributed by atoms with Gasteiger partial charge in [0.25, 0.3) is 0 Å². The van der Waals surface area contributed by atoms with Gasteiger partial charge in [-0.2, -0.15) is 4.31 Å². The molecular formula is C17H20N2O3S. The molecule has 5 nitrogen and oxygen atoms in total. The zero-order valence-corrected chi connectivity index (χ0v) is 14.0. The molecule has 0 bridgehead atoms. The van der Waals surface area contributed by atoms with Crippen molar-refractivity contribution in [1.82, 2.24) is 4.31 Å². The quantitative estimate of drug-likeness (QED) is 0.878. The van der Waals surface area contributed by atoms with E-state index in [4.69, 9.17) is 5.73 Å². The largest absolute Gasteiger partial charge is 0.369 e. The third kappa shape index (κ3) is 4.18. The summed E-state index contributed by atoms with van der Waals surface area (Å²) in [5.74, 6) is -0.687. The van der Waals surface area contributed by atoms with Gasteiger partial charge in [0.2, 0.25) is 15.9 Å². The van der Waals surface area contributed by atoms with Crippen LogP contribution in [0.2, 0.25) is 0 Å². The summed E-state index contributed by atoms with van der Waals surface area (Å²) in [4.78, 5) is 11.5. The van der Waals surface area contributed by atoms with Gasteiger partial charge in [-0.1, -0.05) is 36.4 Å². The predicted molar refractivity (Wildman–Crippen MR) is 89.1 cm³/mol. The highest BCUT2D eigenvalue weighted by atomic mass is 32.2. The molecule has 0 fully saturated rings. The van der Waals surface area contributed by atoms with Gasteiger partial charge in [0.15, 0.2) is 0 Å². The van der Waals surface area contributed by atoms with Gasteiger partial charge in [0.05, 0.1) is 11.4 Å². The number of hydrogen-bond donors (Lipinski definition) is 1. The Hall–Kier alpha value is -2.18. The molecule has 0 aliphatic rings. The molecule has 0 heterocycles. The Kier molecular flexibility index (Phi) is 5.18. The van der Waals surface area contributed by atoms with E-state index in [-0.39, 0.29) is 18.0 Å². The molecule has 0 spiro atoms. The minimum Gasteiger partial charge on any atom is -0.369 e. The summed E-state index contributed by atoms with van der Waals surface area (Å²) < 4.78 is 26.8. The molecular weight excluding hydrogens is 312 g/mol. The van der Waals surface area contributed by atoms with Crippen LogP contribution in [0.5, 0.6) is 0 Å². The molecule has 2 rings (SSSR count). The molecule has 0 aliphatic heterocycles. The summed E-state index contributed by atoms with van der Waals surface area (Å²) in [6, 6.07) is 14.0. The maximum atomic E-state index is 12.9. The highest BCUT2D eigenvalue weighted by Gasteiger charge is 2.26. The number of amides is 1. The molecule has 0 unspecified atom stereocenters. The molecule has 122 valence electrons. The lowest BCUT2D eigenvalue weighted by molar-refractivity contribution is -0.118. The number of aryl methyl sites for hydroxylation is 2. The molecule has 2 aromatic carbocycles. The second kappa shape index (κ2) is 6.93. The number of nitrogens with two attached hydrogens (primary N) is 1. The van der Waals surface area contributed by atoms with Gasteiger partial charge < -0.3 is 5.73 Å². The molecule has 23 heavy (non-hydrogen) atoms. The first kappa shape index (κ1) is 17.2. The van der Waals surface area contributed by atoms with Crippen molar-refractivity contribution >= 4 is 15.9 Å². The first-order valence-electron chi connectivity index (χ1n) is 7.20. The number of carbonyl (C=O) groups is 1. The number of hydrogen-bond acceptors (Lipinski definition) is 3. The van der Waals surface area contributed by atoms with Gasteiger partial charge in [-0.3, -0.25) is 4.79 Å². The van der Waals surface area contributed by atoms with Crippen LogP contribution in [0.1, 0.15) is 16.7 Å². The van der Waals surface area contributed by atoms with Gasteiger partial charge in [0, 0.05) is 6.54 Å². The summed E-state index contributed by atoms with van der Waals surface area (Å²) >= 11 is 0. The van der Waals surface area contributed by atoms with Crippen molar-refractivity contribution in [3.63, 3.8) is 0 Å². The van der Waals surface area contributed by atoms with Crippen molar-refractivity contribution < 1.29 is 13.2 Å². The minimum atomic E-state index is -3.80. The zero-order chi connectivity index (χ0) is 17.0. The lowest BCUT2D eigenvalue weighted by Gasteiger charge is -2.21. The Bertz CT molecular complexity index is 802. The lowest BCUT2D eigenvalue weighted by Crippen LogP contribution is -2.38. The molecule has 0 atom stereocenters. The van der Waals surface area contributed by atoms with Gasteiger partial charge in [-0.05, 0) is 42.7 Å². The maximum Gasteiger partial charge on any atom is 0.243 e. The molecule has 0 saturated heterocycles. The van der Waals surface area contributed by atoms with E-state index in [1.807, 2.05) is 44.2 Å². The van der Waals surface area contributed by atoms with Crippen LogP contribution in [0.4, 0.5) is 0 Å². The van der Waals surface area contributed by atoms with E-state index >= 15 is 0 Å². The molecule has 0 aliphatic carbocycles. The number of rotatable bonds is 6. The molecule has 2 aromatic rings. The Balaban J connectivity index is 2.40. The van der Waals surface area contributed by atoms with Crippen molar-refractivity contribution in [2.24, 2.45) is 5.73 Å². The standard InChI is InChI=1S/C17H20N2O3S/c1-13-8-9-16(10-14(13)2)23(21,22)19(12-17(18)20)11-15-6-4-3-5-7-15/h3-10H,11-12H2,1-2H3,(H2,18,20). The van der Waals surface area contributed by atoms with Gasteiger partial charge in [0.1, 0.15) is 0 Å². The molecule has 1 amide bonds. The molecule has 0 aromatic heterocycles. The van der Waals surface area contributed by atoms with Crippen LogP contribution in [0.15, 0.2) is 53.4 Å². The van der Waals surface area contributed by atoms with Crippen LogP contribution < -0.4 is 5.73 Å². The fourth-order valence-corrected chi connectivity index (χ4v) is 3.69. The van der Waals surface area contributed by atoms with Gasteiger partial charge >= 0.3 is 0 Å². The van der Waals surface area contributed by atoms with Crippen LogP contribution in [0.25, 0.3) is 0 Å². The molecule has 6 heteroatoms. The maximum absolute atomic E-state index is 12.9. The Morgan fingerprint density at radius 2 is 1.70 bits per heavy atom. The summed E-state index contributed by atoms with van der Waals surface area (Å²) in [6.07, 6.45) is 0. The summed E-state index contributed by atoms with van der Waals surface area (Å²) in [5, 5.41) is 0. The smallest absolute Gasteiger partial charge is 0.243 e. The van der Waals surface area contributed by atoms with Crippen LogP contribution >= 0.6 is 0 Å². The van der Waals surface area contributed by atoms with E-state index < -0.39 is 15.9 Å². The number of nitrogens with zero attached hydrogens (tertiary/aromatic N) is 1. The van der Waals surface area contributed by atoms with Crippen LogP contribution in [-0.2, 0) is 21.4 Å². The second-order valence-electron chi connectivity index (χ2n) is 5.47. The molecule has 0 radical (unpaired) electrons. The van der Waals surface area contributed by atoms with E-state index in [0.717, 1.165) is 21.0 Å². The van der Waals surface area contributed by atoms with E-state index in [9.17, 15) is 13.2 Å². The number of sulfonamides is 1. The third-order valence-electron chi connectivity index (χ3n) is 3.65. The number of carbonyl (C=O) groups excluding carboxylic acids is 1. The number of benzene rings is 2. The Morgan fingerprint density at radius 3 is 2.26 bits per heavy atom. The van der Waals surface area contributed by atoms with E-state index in [0.29, 0.717) is 0 Å².